The number of ether oxygens (including phenoxy) is 1. The van der Waals surface area contributed by atoms with E-state index in [0.29, 0.717) is 0 Å². The molecule has 0 amide bonds. The van der Waals surface area contributed by atoms with Crippen LogP contribution in [0.5, 0.6) is 5.75 Å². The molecule has 0 radical (unpaired) electrons. The summed E-state index contributed by atoms with van der Waals surface area (Å²) in [5.74, 6) is 0.847. The van der Waals surface area contributed by atoms with Gasteiger partial charge in [0.2, 0.25) is 0 Å². The first-order chi connectivity index (χ1) is 10.2. The van der Waals surface area contributed by atoms with E-state index in [2.05, 4.69) is 51.5 Å². The van der Waals surface area contributed by atoms with E-state index in [0.717, 1.165) is 41.0 Å². The topological polar surface area (TPSA) is 52.0 Å². The highest BCUT2D eigenvalue weighted by atomic mass is 79.9. The Morgan fingerprint density at radius 2 is 2.19 bits per heavy atom. The van der Waals surface area contributed by atoms with Crippen LogP contribution in [-0.4, -0.2) is 28.6 Å². The molecule has 1 atom stereocenters. The molecule has 2 rings (SSSR count). The lowest BCUT2D eigenvalue weighted by Gasteiger charge is -2.21. The van der Waals surface area contributed by atoms with Crippen molar-refractivity contribution < 1.29 is 4.74 Å². The van der Waals surface area contributed by atoms with Crippen molar-refractivity contribution in [3.63, 3.8) is 0 Å². The van der Waals surface area contributed by atoms with Crippen molar-refractivity contribution in [2.75, 3.05) is 13.7 Å². The Morgan fingerprint density at radius 3 is 2.86 bits per heavy atom. The van der Waals surface area contributed by atoms with E-state index in [4.69, 9.17) is 4.74 Å². The van der Waals surface area contributed by atoms with E-state index < -0.39 is 0 Å². The zero-order valence-electron chi connectivity index (χ0n) is 12.6. The van der Waals surface area contributed by atoms with Gasteiger partial charge in [0.15, 0.2) is 0 Å². The molecule has 2 aromatic rings. The quantitative estimate of drug-likeness (QED) is 0.831. The maximum atomic E-state index is 5.53. The largest absolute Gasteiger partial charge is 0.496 e. The Labute approximate surface area is 133 Å². The van der Waals surface area contributed by atoms with E-state index in [1.165, 1.54) is 0 Å². The predicted octanol–water partition coefficient (Wildman–Crippen LogP) is 3.16. The molecule has 0 fully saturated rings. The van der Waals surface area contributed by atoms with Crippen LogP contribution in [0.4, 0.5) is 0 Å². The second-order valence-corrected chi connectivity index (χ2v) is 5.67. The molecule has 5 nitrogen and oxygen atoms in total. The lowest BCUT2D eigenvalue weighted by Crippen LogP contribution is -2.25. The van der Waals surface area contributed by atoms with E-state index >= 15 is 0 Å². The highest BCUT2D eigenvalue weighted by Gasteiger charge is 2.21. The molecule has 114 valence electrons. The van der Waals surface area contributed by atoms with E-state index in [1.54, 1.807) is 7.11 Å². The van der Waals surface area contributed by atoms with Crippen molar-refractivity contribution in [2.45, 2.75) is 32.9 Å². The molecule has 1 N–H and O–H groups in total. The number of rotatable bonds is 7. The second-order valence-electron chi connectivity index (χ2n) is 4.76. The number of benzene rings is 1. The summed E-state index contributed by atoms with van der Waals surface area (Å²) < 4.78 is 8.48. The molecule has 0 spiro atoms. The first kappa shape index (κ1) is 16.0. The average molecular weight is 353 g/mol. The Kier molecular flexibility index (Phi) is 5.76. The van der Waals surface area contributed by atoms with Gasteiger partial charge in [0, 0.05) is 16.6 Å². The molecule has 0 saturated heterocycles. The van der Waals surface area contributed by atoms with Crippen molar-refractivity contribution >= 4 is 15.9 Å². The summed E-state index contributed by atoms with van der Waals surface area (Å²) in [5, 5.41) is 11.7. The first-order valence-corrected chi connectivity index (χ1v) is 7.95. The standard InChI is InChI=1S/C15H21BrN4O/c1-4-8-20-13(10-18-19-20)15(17-5-2)12-7-6-11(16)9-14(12)21-3/h6-7,9-10,15,17H,4-5,8H2,1-3H3. The van der Waals surface area contributed by atoms with Crippen LogP contribution in [0.1, 0.15) is 37.6 Å². The fraction of sp³-hybridized carbons (Fsp3) is 0.467. The fourth-order valence-electron chi connectivity index (χ4n) is 2.38. The lowest BCUT2D eigenvalue weighted by molar-refractivity contribution is 0.401. The summed E-state index contributed by atoms with van der Waals surface area (Å²) >= 11 is 3.48. The van der Waals surface area contributed by atoms with Gasteiger partial charge in [-0.2, -0.15) is 0 Å². The molecule has 0 saturated carbocycles. The van der Waals surface area contributed by atoms with Gasteiger partial charge in [-0.05, 0) is 25.1 Å². The Bertz CT molecular complexity index is 585. The molecule has 0 bridgehead atoms. The van der Waals surface area contributed by atoms with Gasteiger partial charge in [-0.1, -0.05) is 41.1 Å². The number of nitrogens with one attached hydrogen (secondary N) is 1. The zero-order chi connectivity index (χ0) is 15.2. The third-order valence-electron chi connectivity index (χ3n) is 3.29. The number of nitrogens with zero attached hydrogens (tertiary/aromatic N) is 3. The number of aromatic nitrogens is 3. The number of methoxy groups -OCH3 is 1. The maximum absolute atomic E-state index is 5.53. The lowest BCUT2D eigenvalue weighted by atomic mass is 10.0. The maximum Gasteiger partial charge on any atom is 0.125 e. The van der Waals surface area contributed by atoms with E-state index in [9.17, 15) is 0 Å². The van der Waals surface area contributed by atoms with Crippen LogP contribution in [0.3, 0.4) is 0 Å². The van der Waals surface area contributed by atoms with Gasteiger partial charge >= 0.3 is 0 Å². The molecule has 6 heteroatoms. The summed E-state index contributed by atoms with van der Waals surface area (Å²) in [6.45, 7) is 5.93. The third-order valence-corrected chi connectivity index (χ3v) is 3.79. The van der Waals surface area contributed by atoms with Crippen LogP contribution in [0, 0.1) is 0 Å². The molecule has 1 heterocycles. The summed E-state index contributed by atoms with van der Waals surface area (Å²) in [5.41, 5.74) is 2.14. The molecule has 0 aliphatic carbocycles. The average Bonchev–Trinajstić information content (AvgIpc) is 2.93. The Morgan fingerprint density at radius 1 is 1.38 bits per heavy atom. The second kappa shape index (κ2) is 7.56. The van der Waals surface area contributed by atoms with Crippen LogP contribution < -0.4 is 10.1 Å². The van der Waals surface area contributed by atoms with Gasteiger partial charge in [0.05, 0.1) is 25.0 Å². The number of hydrogen-bond donors (Lipinski definition) is 1. The van der Waals surface area contributed by atoms with Gasteiger partial charge in [-0.25, -0.2) is 4.68 Å². The fourth-order valence-corrected chi connectivity index (χ4v) is 2.72. The number of hydrogen-bond acceptors (Lipinski definition) is 4. The smallest absolute Gasteiger partial charge is 0.125 e. The van der Waals surface area contributed by atoms with Crippen molar-refractivity contribution in [1.82, 2.24) is 20.3 Å². The molecule has 0 aliphatic heterocycles. The SMILES string of the molecule is CCCn1nncc1C(NCC)c1ccc(Br)cc1OC. The number of halogens is 1. The molecule has 1 unspecified atom stereocenters. The summed E-state index contributed by atoms with van der Waals surface area (Å²) in [4.78, 5) is 0. The molecule has 1 aromatic carbocycles. The van der Waals surface area contributed by atoms with Gasteiger partial charge in [0.1, 0.15) is 5.75 Å². The number of aryl methyl sites for hydroxylation is 1. The van der Waals surface area contributed by atoms with Crippen molar-refractivity contribution in [2.24, 2.45) is 0 Å². The minimum Gasteiger partial charge on any atom is -0.496 e. The molecular formula is C15H21BrN4O. The summed E-state index contributed by atoms with van der Waals surface area (Å²) in [7, 11) is 1.69. The van der Waals surface area contributed by atoms with Crippen molar-refractivity contribution in [3.8, 4) is 5.75 Å². The minimum absolute atomic E-state index is 0.0135. The van der Waals surface area contributed by atoms with E-state index in [1.807, 2.05) is 23.0 Å². The van der Waals surface area contributed by atoms with Gasteiger partial charge in [0.25, 0.3) is 0 Å². The minimum atomic E-state index is 0.0135. The van der Waals surface area contributed by atoms with Crippen LogP contribution in [0.2, 0.25) is 0 Å². The zero-order valence-corrected chi connectivity index (χ0v) is 14.2. The third kappa shape index (κ3) is 3.63. The molecule has 0 aliphatic rings. The Hall–Kier alpha value is -1.40. The molecule has 1 aromatic heterocycles. The monoisotopic (exact) mass is 352 g/mol. The van der Waals surface area contributed by atoms with Gasteiger partial charge in [-0.3, -0.25) is 0 Å². The Balaban J connectivity index is 2.45. The highest BCUT2D eigenvalue weighted by molar-refractivity contribution is 9.10. The van der Waals surface area contributed by atoms with Crippen LogP contribution in [-0.2, 0) is 6.54 Å². The normalized spacial score (nSPS) is 12.4. The predicted molar refractivity (Wildman–Crippen MR) is 86.5 cm³/mol. The highest BCUT2D eigenvalue weighted by Crippen LogP contribution is 2.32. The summed E-state index contributed by atoms with van der Waals surface area (Å²) in [6, 6.07) is 6.09. The van der Waals surface area contributed by atoms with Crippen molar-refractivity contribution in [3.05, 3.63) is 40.1 Å². The molecular weight excluding hydrogens is 332 g/mol. The van der Waals surface area contributed by atoms with Crippen LogP contribution in [0.25, 0.3) is 0 Å². The van der Waals surface area contributed by atoms with Gasteiger partial charge < -0.3 is 10.1 Å². The van der Waals surface area contributed by atoms with Crippen LogP contribution in [0.15, 0.2) is 28.9 Å². The van der Waals surface area contributed by atoms with Crippen LogP contribution >= 0.6 is 15.9 Å². The van der Waals surface area contributed by atoms with Crippen molar-refractivity contribution in [1.29, 1.82) is 0 Å². The van der Waals surface area contributed by atoms with Gasteiger partial charge in [-0.15, -0.1) is 5.10 Å². The van der Waals surface area contributed by atoms with E-state index in [-0.39, 0.29) is 6.04 Å². The molecule has 21 heavy (non-hydrogen) atoms. The summed E-state index contributed by atoms with van der Waals surface area (Å²) in [6.07, 6.45) is 2.84. The first-order valence-electron chi connectivity index (χ1n) is 7.16.